The first-order valence-electron chi connectivity index (χ1n) is 4.68. The van der Waals surface area contributed by atoms with Crippen LogP contribution in [0.25, 0.3) is 0 Å². The molecule has 13 heavy (non-hydrogen) atoms. The third kappa shape index (κ3) is 2.99. The van der Waals surface area contributed by atoms with E-state index in [2.05, 4.69) is 0 Å². The molecule has 0 unspecified atom stereocenters. The van der Waals surface area contributed by atoms with Crippen molar-refractivity contribution in [2.24, 2.45) is 5.41 Å². The lowest BCUT2D eigenvalue weighted by atomic mass is 9.89. The Morgan fingerprint density at radius 1 is 1.38 bits per heavy atom. The third-order valence-electron chi connectivity index (χ3n) is 2.05. The van der Waals surface area contributed by atoms with Gasteiger partial charge in [-0.05, 0) is 18.3 Å². The summed E-state index contributed by atoms with van der Waals surface area (Å²) in [6, 6.07) is 0. The Morgan fingerprint density at radius 2 is 1.92 bits per heavy atom. The van der Waals surface area contributed by atoms with Gasteiger partial charge in [-0.1, -0.05) is 20.8 Å². The van der Waals surface area contributed by atoms with Crippen LogP contribution in [-0.4, -0.2) is 25.3 Å². The standard InChI is InChI=1S/C10H18O3/c1-10(2,3)8(9(11)12-4)13-7-5-6-7/h7-8H,5-6H2,1-4H3/t8-/m1/s1. The molecule has 0 N–H and O–H groups in total. The summed E-state index contributed by atoms with van der Waals surface area (Å²) in [6.07, 6.45) is 2.00. The molecule has 0 saturated heterocycles. The molecular formula is C10H18O3. The number of methoxy groups -OCH3 is 1. The highest BCUT2D eigenvalue weighted by Gasteiger charge is 2.38. The fourth-order valence-corrected chi connectivity index (χ4v) is 1.12. The maximum Gasteiger partial charge on any atom is 0.335 e. The van der Waals surface area contributed by atoms with Crippen LogP contribution in [0.4, 0.5) is 0 Å². The predicted molar refractivity (Wildman–Crippen MR) is 49.4 cm³/mol. The van der Waals surface area contributed by atoms with E-state index < -0.39 is 6.10 Å². The SMILES string of the molecule is COC(=O)[C@@H](OC1CC1)C(C)(C)C. The fourth-order valence-electron chi connectivity index (χ4n) is 1.12. The van der Waals surface area contributed by atoms with Crippen LogP contribution in [-0.2, 0) is 14.3 Å². The van der Waals surface area contributed by atoms with E-state index in [0.717, 1.165) is 12.8 Å². The van der Waals surface area contributed by atoms with Gasteiger partial charge in [0.25, 0.3) is 0 Å². The normalized spacial score (nSPS) is 19.7. The second kappa shape index (κ2) is 3.66. The molecule has 1 saturated carbocycles. The van der Waals surface area contributed by atoms with E-state index >= 15 is 0 Å². The van der Waals surface area contributed by atoms with Gasteiger partial charge in [-0.2, -0.15) is 0 Å². The van der Waals surface area contributed by atoms with Gasteiger partial charge in [0.2, 0.25) is 0 Å². The van der Waals surface area contributed by atoms with Gasteiger partial charge in [0, 0.05) is 0 Å². The smallest absolute Gasteiger partial charge is 0.335 e. The van der Waals surface area contributed by atoms with Crippen LogP contribution >= 0.6 is 0 Å². The van der Waals surface area contributed by atoms with Gasteiger partial charge in [-0.25, -0.2) is 4.79 Å². The predicted octanol–water partition coefficient (Wildman–Crippen LogP) is 1.75. The molecule has 0 aromatic heterocycles. The lowest BCUT2D eigenvalue weighted by Gasteiger charge is -2.28. The second-order valence-electron chi connectivity index (χ2n) is 4.60. The maximum absolute atomic E-state index is 11.4. The van der Waals surface area contributed by atoms with Crippen molar-refractivity contribution in [1.29, 1.82) is 0 Å². The minimum absolute atomic E-state index is 0.185. The summed E-state index contributed by atoms with van der Waals surface area (Å²) in [7, 11) is 1.40. The summed E-state index contributed by atoms with van der Waals surface area (Å²) >= 11 is 0. The zero-order valence-electron chi connectivity index (χ0n) is 8.79. The van der Waals surface area contributed by atoms with Crippen LogP contribution in [0.2, 0.25) is 0 Å². The maximum atomic E-state index is 11.4. The third-order valence-corrected chi connectivity index (χ3v) is 2.05. The van der Waals surface area contributed by atoms with E-state index in [4.69, 9.17) is 9.47 Å². The van der Waals surface area contributed by atoms with Crippen molar-refractivity contribution >= 4 is 5.97 Å². The average molecular weight is 186 g/mol. The van der Waals surface area contributed by atoms with E-state index in [0.29, 0.717) is 0 Å². The molecule has 3 nitrogen and oxygen atoms in total. The van der Waals surface area contributed by atoms with Gasteiger partial charge >= 0.3 is 5.97 Å². The summed E-state index contributed by atoms with van der Waals surface area (Å²) in [4.78, 5) is 11.4. The minimum Gasteiger partial charge on any atom is -0.467 e. The van der Waals surface area contributed by atoms with E-state index in [1.54, 1.807) is 0 Å². The van der Waals surface area contributed by atoms with Crippen molar-refractivity contribution in [2.75, 3.05) is 7.11 Å². The molecular weight excluding hydrogens is 168 g/mol. The number of hydrogen-bond acceptors (Lipinski definition) is 3. The summed E-state index contributed by atoms with van der Waals surface area (Å²) in [6.45, 7) is 5.95. The Labute approximate surface area is 79.4 Å². The zero-order valence-corrected chi connectivity index (χ0v) is 8.79. The van der Waals surface area contributed by atoms with Crippen LogP contribution in [0.15, 0.2) is 0 Å². The van der Waals surface area contributed by atoms with Crippen LogP contribution in [0.3, 0.4) is 0 Å². The van der Waals surface area contributed by atoms with Gasteiger partial charge in [-0.15, -0.1) is 0 Å². The van der Waals surface area contributed by atoms with Crippen molar-refractivity contribution in [3.63, 3.8) is 0 Å². The molecule has 3 heteroatoms. The quantitative estimate of drug-likeness (QED) is 0.630. The van der Waals surface area contributed by atoms with E-state index in [9.17, 15) is 4.79 Å². The second-order valence-corrected chi connectivity index (χ2v) is 4.60. The Bertz CT molecular complexity index is 189. The number of carbonyl (C=O) groups is 1. The number of hydrogen-bond donors (Lipinski definition) is 0. The molecule has 1 aliphatic rings. The highest BCUT2D eigenvalue weighted by molar-refractivity contribution is 5.75. The summed E-state index contributed by atoms with van der Waals surface area (Å²) in [5, 5.41) is 0. The topological polar surface area (TPSA) is 35.5 Å². The monoisotopic (exact) mass is 186 g/mol. The molecule has 1 fully saturated rings. The molecule has 76 valence electrons. The summed E-state index contributed by atoms with van der Waals surface area (Å²) in [5.41, 5.74) is -0.185. The molecule has 1 atom stereocenters. The lowest BCUT2D eigenvalue weighted by Crippen LogP contribution is -2.38. The van der Waals surface area contributed by atoms with Gasteiger partial charge in [0.05, 0.1) is 13.2 Å². The van der Waals surface area contributed by atoms with E-state index in [1.807, 2.05) is 20.8 Å². The Balaban J connectivity index is 2.57. The van der Waals surface area contributed by atoms with Crippen molar-refractivity contribution in [3.05, 3.63) is 0 Å². The zero-order chi connectivity index (χ0) is 10.1. The molecule has 0 amide bonds. The van der Waals surface area contributed by atoms with Gasteiger partial charge < -0.3 is 9.47 Å². The van der Waals surface area contributed by atoms with Crippen molar-refractivity contribution in [1.82, 2.24) is 0 Å². The number of esters is 1. The summed E-state index contributed by atoms with van der Waals surface area (Å²) < 4.78 is 10.3. The van der Waals surface area contributed by atoms with Crippen LogP contribution in [0.1, 0.15) is 33.6 Å². The Morgan fingerprint density at radius 3 is 2.23 bits per heavy atom. The number of ether oxygens (including phenoxy) is 2. The highest BCUT2D eigenvalue weighted by Crippen LogP contribution is 2.31. The largest absolute Gasteiger partial charge is 0.467 e. The Kier molecular flexibility index (Phi) is 2.96. The molecule has 0 bridgehead atoms. The van der Waals surface area contributed by atoms with E-state index in [1.165, 1.54) is 7.11 Å². The van der Waals surface area contributed by atoms with Crippen LogP contribution < -0.4 is 0 Å². The van der Waals surface area contributed by atoms with Crippen LogP contribution in [0, 0.1) is 5.41 Å². The molecule has 1 rings (SSSR count). The lowest BCUT2D eigenvalue weighted by molar-refractivity contribution is -0.163. The van der Waals surface area contributed by atoms with Gasteiger partial charge in [0.1, 0.15) is 0 Å². The first kappa shape index (κ1) is 10.5. The Hall–Kier alpha value is -0.570. The fraction of sp³-hybridized carbons (Fsp3) is 0.900. The molecule has 0 spiro atoms. The van der Waals surface area contributed by atoms with Crippen molar-refractivity contribution < 1.29 is 14.3 Å². The molecule has 0 aromatic carbocycles. The average Bonchev–Trinajstić information content (AvgIpc) is 2.80. The van der Waals surface area contributed by atoms with Crippen molar-refractivity contribution in [3.8, 4) is 0 Å². The van der Waals surface area contributed by atoms with Crippen molar-refractivity contribution in [2.45, 2.75) is 45.8 Å². The molecule has 0 radical (unpaired) electrons. The first-order chi connectivity index (χ1) is 5.95. The summed E-state index contributed by atoms with van der Waals surface area (Å²) in [5.74, 6) is -0.264. The number of carbonyl (C=O) groups excluding carboxylic acids is 1. The molecule has 0 heterocycles. The van der Waals surface area contributed by atoms with Gasteiger partial charge in [-0.3, -0.25) is 0 Å². The molecule has 1 aliphatic carbocycles. The van der Waals surface area contributed by atoms with Crippen LogP contribution in [0.5, 0.6) is 0 Å². The minimum atomic E-state index is -0.426. The molecule has 0 aromatic rings. The first-order valence-corrected chi connectivity index (χ1v) is 4.68. The molecule has 0 aliphatic heterocycles. The number of rotatable bonds is 3. The van der Waals surface area contributed by atoms with E-state index in [-0.39, 0.29) is 17.5 Å². The highest BCUT2D eigenvalue weighted by atomic mass is 16.6. The van der Waals surface area contributed by atoms with Gasteiger partial charge in [0.15, 0.2) is 6.10 Å².